The van der Waals surface area contributed by atoms with E-state index >= 15 is 0 Å². The molecule has 0 radical (unpaired) electrons. The van der Waals surface area contributed by atoms with Gasteiger partial charge in [-0.05, 0) is 35.0 Å². The van der Waals surface area contributed by atoms with Crippen LogP contribution in [0.3, 0.4) is 0 Å². The lowest BCUT2D eigenvalue weighted by Crippen LogP contribution is -2.18. The minimum absolute atomic E-state index is 0.112. The fourth-order valence-electron chi connectivity index (χ4n) is 2.12. The number of aromatic nitrogens is 2. The summed E-state index contributed by atoms with van der Waals surface area (Å²) in [7, 11) is 1.77. The van der Waals surface area contributed by atoms with E-state index in [4.69, 9.17) is 5.73 Å². The molecule has 2 N–H and O–H groups in total. The van der Waals surface area contributed by atoms with Crippen molar-refractivity contribution in [3.8, 4) is 0 Å². The zero-order valence-corrected chi connectivity index (χ0v) is 14.1. The lowest BCUT2D eigenvalue weighted by Gasteiger charge is -2.15. The number of rotatable bonds is 3. The third kappa shape index (κ3) is 2.94. The van der Waals surface area contributed by atoms with Gasteiger partial charge in [-0.25, -0.2) is 8.78 Å². The molecule has 0 saturated heterocycles. The molecule has 3 nitrogen and oxygen atoms in total. The summed E-state index contributed by atoms with van der Waals surface area (Å²) in [5.74, 6) is -1.31. The number of nitrogens with zero attached hydrogens (tertiary/aromatic N) is 2. The van der Waals surface area contributed by atoms with E-state index in [2.05, 4.69) is 37.0 Å². The topological polar surface area (TPSA) is 43.8 Å². The summed E-state index contributed by atoms with van der Waals surface area (Å²) in [4.78, 5) is 0. The van der Waals surface area contributed by atoms with Gasteiger partial charge in [0.25, 0.3) is 0 Å². The Labute approximate surface area is 132 Å². The van der Waals surface area contributed by atoms with Crippen LogP contribution in [0.2, 0.25) is 0 Å². The van der Waals surface area contributed by atoms with E-state index in [1.165, 1.54) is 12.1 Å². The van der Waals surface area contributed by atoms with Gasteiger partial charge in [0.05, 0.1) is 15.9 Å². The molecular weight excluding hydrogens is 396 g/mol. The van der Waals surface area contributed by atoms with Crippen LogP contribution in [0.5, 0.6) is 0 Å². The Morgan fingerprint density at radius 1 is 1.30 bits per heavy atom. The number of benzene rings is 1. The lowest BCUT2D eigenvalue weighted by molar-refractivity contribution is 0.516. The highest BCUT2D eigenvalue weighted by molar-refractivity contribution is 9.10. The molecule has 1 aromatic heterocycles. The highest BCUT2D eigenvalue weighted by atomic mass is 79.9. The van der Waals surface area contributed by atoms with Gasteiger partial charge in [0.2, 0.25) is 0 Å². The molecule has 0 amide bonds. The van der Waals surface area contributed by atoms with Crippen molar-refractivity contribution in [1.29, 1.82) is 0 Å². The molecular formula is C13H13Br2F2N3. The maximum Gasteiger partial charge on any atom is 0.132 e. The summed E-state index contributed by atoms with van der Waals surface area (Å²) in [5, 5.41) is 4.24. The van der Waals surface area contributed by atoms with Gasteiger partial charge >= 0.3 is 0 Å². The van der Waals surface area contributed by atoms with Crippen molar-refractivity contribution in [2.45, 2.75) is 19.4 Å². The molecule has 108 valence electrons. The lowest BCUT2D eigenvalue weighted by atomic mass is 10.0. The van der Waals surface area contributed by atoms with Crippen LogP contribution < -0.4 is 5.73 Å². The number of aryl methyl sites for hydroxylation is 2. The van der Waals surface area contributed by atoms with Gasteiger partial charge in [-0.3, -0.25) is 4.68 Å². The van der Waals surface area contributed by atoms with Gasteiger partial charge in [0.1, 0.15) is 11.6 Å². The summed E-state index contributed by atoms with van der Waals surface area (Å²) < 4.78 is 30.6. The van der Waals surface area contributed by atoms with Crippen LogP contribution in [0.1, 0.15) is 23.0 Å². The van der Waals surface area contributed by atoms with Crippen LogP contribution in [-0.4, -0.2) is 9.78 Å². The van der Waals surface area contributed by atoms with Crippen molar-refractivity contribution in [2.75, 3.05) is 0 Å². The van der Waals surface area contributed by atoms with Gasteiger partial charge in [0.15, 0.2) is 0 Å². The molecule has 1 heterocycles. The van der Waals surface area contributed by atoms with Gasteiger partial charge in [-0.2, -0.15) is 5.10 Å². The van der Waals surface area contributed by atoms with Gasteiger partial charge in [-0.1, -0.05) is 15.9 Å². The maximum absolute atomic E-state index is 13.9. The standard InChI is InChI=1S/C13H13Br2F2N3/c1-6-13(15)11(20(2)19-6)5-10(18)12-8(16)3-7(14)4-9(12)17/h3-4,10H,5,18H2,1-2H3. The van der Waals surface area contributed by atoms with E-state index in [0.29, 0.717) is 4.47 Å². The van der Waals surface area contributed by atoms with Crippen LogP contribution in [0.25, 0.3) is 0 Å². The van der Waals surface area contributed by atoms with Crippen LogP contribution in [0, 0.1) is 18.6 Å². The molecule has 0 fully saturated rings. The first-order valence-corrected chi connectivity index (χ1v) is 7.47. The van der Waals surface area contributed by atoms with Crippen molar-refractivity contribution in [3.05, 3.63) is 49.7 Å². The molecule has 20 heavy (non-hydrogen) atoms. The van der Waals surface area contributed by atoms with Crippen LogP contribution in [0.15, 0.2) is 21.1 Å². The summed E-state index contributed by atoms with van der Waals surface area (Å²) in [5.41, 5.74) is 7.47. The Kier molecular flexibility index (Phi) is 4.61. The minimum Gasteiger partial charge on any atom is -0.323 e. The molecule has 0 bridgehead atoms. The Bertz CT molecular complexity index is 632. The van der Waals surface area contributed by atoms with Crippen LogP contribution in [0.4, 0.5) is 8.78 Å². The second-order valence-corrected chi connectivity index (χ2v) is 6.27. The Balaban J connectivity index is 2.36. The third-order valence-electron chi connectivity index (χ3n) is 3.09. The fourth-order valence-corrected chi connectivity index (χ4v) is 3.02. The van der Waals surface area contributed by atoms with E-state index in [9.17, 15) is 8.78 Å². The second-order valence-electron chi connectivity index (χ2n) is 4.56. The van der Waals surface area contributed by atoms with Crippen molar-refractivity contribution in [1.82, 2.24) is 9.78 Å². The third-order valence-corrected chi connectivity index (χ3v) is 4.58. The fraction of sp³-hybridized carbons (Fsp3) is 0.308. The number of halogens is 4. The quantitative estimate of drug-likeness (QED) is 0.839. The molecule has 2 rings (SSSR count). The molecule has 0 aliphatic heterocycles. The average molecular weight is 409 g/mol. The van der Waals surface area contributed by atoms with Crippen molar-refractivity contribution >= 4 is 31.9 Å². The first kappa shape index (κ1) is 15.6. The molecule has 0 aliphatic rings. The summed E-state index contributed by atoms with van der Waals surface area (Å²) >= 11 is 6.46. The number of hydrogen-bond donors (Lipinski definition) is 1. The van der Waals surface area contributed by atoms with Gasteiger partial charge in [0, 0.05) is 29.5 Å². The monoisotopic (exact) mass is 407 g/mol. The van der Waals surface area contributed by atoms with E-state index in [1.54, 1.807) is 11.7 Å². The molecule has 1 atom stereocenters. The first-order chi connectivity index (χ1) is 9.31. The van der Waals surface area contributed by atoms with E-state index in [-0.39, 0.29) is 12.0 Å². The van der Waals surface area contributed by atoms with Crippen LogP contribution in [-0.2, 0) is 13.5 Å². The number of hydrogen-bond acceptors (Lipinski definition) is 2. The molecule has 7 heteroatoms. The maximum atomic E-state index is 13.9. The van der Waals surface area contributed by atoms with E-state index in [0.717, 1.165) is 15.9 Å². The van der Waals surface area contributed by atoms with E-state index < -0.39 is 17.7 Å². The molecule has 0 spiro atoms. The Morgan fingerprint density at radius 2 is 1.85 bits per heavy atom. The highest BCUT2D eigenvalue weighted by Crippen LogP contribution is 2.28. The van der Waals surface area contributed by atoms with Crippen molar-refractivity contribution in [3.63, 3.8) is 0 Å². The largest absolute Gasteiger partial charge is 0.323 e. The first-order valence-electron chi connectivity index (χ1n) is 5.89. The van der Waals surface area contributed by atoms with E-state index in [1.807, 2.05) is 6.92 Å². The number of nitrogens with two attached hydrogens (primary N) is 1. The van der Waals surface area contributed by atoms with Crippen LogP contribution >= 0.6 is 31.9 Å². The average Bonchev–Trinajstić information content (AvgIpc) is 2.54. The molecule has 0 aliphatic carbocycles. The molecule has 1 unspecified atom stereocenters. The smallest absolute Gasteiger partial charge is 0.132 e. The van der Waals surface area contributed by atoms with Gasteiger partial charge < -0.3 is 5.73 Å². The molecule has 0 saturated carbocycles. The molecule has 2 aromatic rings. The van der Waals surface area contributed by atoms with Crippen molar-refractivity contribution < 1.29 is 8.78 Å². The zero-order valence-electron chi connectivity index (χ0n) is 10.9. The van der Waals surface area contributed by atoms with Crippen molar-refractivity contribution in [2.24, 2.45) is 12.8 Å². The minimum atomic E-state index is -0.783. The summed E-state index contributed by atoms with van der Waals surface area (Å²) in [6.07, 6.45) is 0.285. The SMILES string of the molecule is Cc1nn(C)c(CC(N)c2c(F)cc(Br)cc2F)c1Br. The summed E-state index contributed by atoms with van der Waals surface area (Å²) in [6, 6.07) is 1.64. The predicted molar refractivity (Wildman–Crippen MR) is 80.3 cm³/mol. The Hall–Kier alpha value is -0.790. The highest BCUT2D eigenvalue weighted by Gasteiger charge is 2.21. The predicted octanol–water partition coefficient (Wildman–Crippen LogP) is 3.77. The second kappa shape index (κ2) is 5.91. The Morgan fingerprint density at radius 3 is 2.30 bits per heavy atom. The molecule has 1 aromatic carbocycles. The van der Waals surface area contributed by atoms with Gasteiger partial charge in [-0.15, -0.1) is 0 Å². The summed E-state index contributed by atoms with van der Waals surface area (Å²) in [6.45, 7) is 1.85. The normalized spacial score (nSPS) is 12.8. The zero-order chi connectivity index (χ0) is 15.0.